The van der Waals surface area contributed by atoms with Gasteiger partial charge in [0.05, 0.1) is 25.4 Å². The third kappa shape index (κ3) is 8.41. The van der Waals surface area contributed by atoms with Crippen molar-refractivity contribution in [2.75, 3.05) is 27.0 Å². The van der Waals surface area contributed by atoms with E-state index in [2.05, 4.69) is 28.2 Å². The number of phenolic OH excluding ortho intramolecular Hbond substituents is 1. The molecule has 2 bridgehead atoms. The molecule has 0 amide bonds. The maximum Gasteiger partial charge on any atom is 0.185 e. The van der Waals surface area contributed by atoms with Crippen LogP contribution in [0.15, 0.2) is 23.2 Å². The third-order valence-electron chi connectivity index (χ3n) is 9.04. The number of aliphatic hydroxyl groups is 1. The number of Topliss-reactive ketones (excluding diaryl/α,β-unsaturated/α-hetero) is 1. The fourth-order valence-corrected chi connectivity index (χ4v) is 6.61. The first-order valence-electron chi connectivity index (χ1n) is 16.1. The van der Waals surface area contributed by atoms with Crippen LogP contribution < -0.4 is 31.0 Å². The molecule has 0 radical (unpaired) electrons. The lowest BCUT2D eigenvalue weighted by Gasteiger charge is -2.30. The number of guanidine groups is 1. The number of hydrogen-bond donors (Lipinski definition) is 5. The van der Waals surface area contributed by atoms with Crippen molar-refractivity contribution in [3.8, 4) is 34.8 Å². The molecule has 3 aliphatic rings. The second-order valence-corrected chi connectivity index (χ2v) is 12.3. The van der Waals surface area contributed by atoms with Crippen molar-refractivity contribution in [1.29, 1.82) is 0 Å². The zero-order valence-electron chi connectivity index (χ0n) is 26.2. The standard InChI is InChI=1S/C35H46N4O6/c1-43-33-29-8-4-5-25-18-24(10-13-28(41)19-27(40)12-9-23(29)11-14-31(33)42)30-17-22(15-16-38-35(36)37)20-44-34(30)32(25)45-21-39-26-6-2-3-7-26/h11,14,18,22,26,28,39,41-42H,2-3,5-7,9-10,12-13,15-17,19-21H2,1H3,(H4,36,37,38). The van der Waals surface area contributed by atoms with E-state index in [4.69, 9.17) is 25.7 Å². The molecule has 10 nitrogen and oxygen atoms in total. The van der Waals surface area contributed by atoms with E-state index in [1.165, 1.54) is 20.0 Å². The quantitative estimate of drug-likeness (QED) is 0.129. The Morgan fingerprint density at radius 2 is 1.91 bits per heavy atom. The first-order chi connectivity index (χ1) is 21.8. The van der Waals surface area contributed by atoms with Gasteiger partial charge in [0.1, 0.15) is 12.5 Å². The van der Waals surface area contributed by atoms with Gasteiger partial charge in [-0.2, -0.15) is 0 Å². The molecule has 1 aliphatic heterocycles. The SMILES string of the molecule is COc1c(O)ccc2c1C#CCc1cc(c3c(c1OCNC1CCCC1)OCC(CCN=C(N)N)C3)CCC(O)CC(=O)CC2. The van der Waals surface area contributed by atoms with Gasteiger partial charge in [-0.15, -0.1) is 0 Å². The third-order valence-corrected chi connectivity index (χ3v) is 9.04. The Balaban J connectivity index is 1.53. The number of rotatable bonds is 8. The molecule has 0 saturated heterocycles. The maximum atomic E-state index is 12.9. The van der Waals surface area contributed by atoms with E-state index in [1.807, 2.05) is 0 Å². The van der Waals surface area contributed by atoms with Crippen molar-refractivity contribution in [3.63, 3.8) is 0 Å². The number of benzene rings is 2. The van der Waals surface area contributed by atoms with Gasteiger partial charge in [0.15, 0.2) is 29.0 Å². The number of phenols is 1. The molecule has 0 aromatic heterocycles. The highest BCUT2D eigenvalue weighted by molar-refractivity contribution is 5.79. The Labute approximate surface area is 265 Å². The van der Waals surface area contributed by atoms with Crippen molar-refractivity contribution in [1.82, 2.24) is 5.32 Å². The summed E-state index contributed by atoms with van der Waals surface area (Å²) < 4.78 is 18.4. The molecular formula is C35H46N4O6. The number of fused-ring (bicyclic) bond motifs is 5. The van der Waals surface area contributed by atoms with Gasteiger partial charge >= 0.3 is 0 Å². The van der Waals surface area contributed by atoms with Crippen molar-refractivity contribution in [3.05, 3.63) is 46.0 Å². The molecule has 10 heteroatoms. The summed E-state index contributed by atoms with van der Waals surface area (Å²) in [4.78, 5) is 17.0. The van der Waals surface area contributed by atoms with Crippen LogP contribution in [-0.4, -0.2) is 61.1 Å². The molecule has 45 heavy (non-hydrogen) atoms. The fourth-order valence-electron chi connectivity index (χ4n) is 6.61. The average molecular weight is 619 g/mol. The summed E-state index contributed by atoms with van der Waals surface area (Å²) in [5, 5.41) is 24.9. The number of carbonyl (C=O) groups is 1. The van der Waals surface area contributed by atoms with Crippen LogP contribution in [0.1, 0.15) is 79.2 Å². The summed E-state index contributed by atoms with van der Waals surface area (Å²) in [5.74, 6) is 8.48. The van der Waals surface area contributed by atoms with Gasteiger partial charge in [0, 0.05) is 43.0 Å². The lowest BCUT2D eigenvalue weighted by molar-refractivity contribution is -0.121. The van der Waals surface area contributed by atoms with Crippen molar-refractivity contribution in [2.24, 2.45) is 22.4 Å². The zero-order chi connectivity index (χ0) is 31.8. The topological polar surface area (TPSA) is 162 Å². The first-order valence-corrected chi connectivity index (χ1v) is 16.1. The van der Waals surface area contributed by atoms with Gasteiger partial charge in [-0.05, 0) is 68.1 Å². The Morgan fingerprint density at radius 1 is 1.09 bits per heavy atom. The van der Waals surface area contributed by atoms with Crippen LogP contribution in [0.3, 0.4) is 0 Å². The molecule has 2 aliphatic carbocycles. The van der Waals surface area contributed by atoms with E-state index < -0.39 is 6.10 Å². The summed E-state index contributed by atoms with van der Waals surface area (Å²) in [5.41, 5.74) is 15.5. The molecular weight excluding hydrogens is 572 g/mol. The fraction of sp³-hybridized carbons (Fsp3) is 0.543. The van der Waals surface area contributed by atoms with Crippen LogP contribution in [0, 0.1) is 17.8 Å². The highest BCUT2D eigenvalue weighted by Crippen LogP contribution is 2.43. The zero-order valence-corrected chi connectivity index (χ0v) is 26.2. The largest absolute Gasteiger partial charge is 0.504 e. The van der Waals surface area contributed by atoms with E-state index in [9.17, 15) is 15.0 Å². The van der Waals surface area contributed by atoms with Gasteiger partial charge in [-0.25, -0.2) is 0 Å². The summed E-state index contributed by atoms with van der Waals surface area (Å²) in [7, 11) is 1.50. The first kappa shape index (κ1) is 32.5. The number of methoxy groups -OCH3 is 1. The summed E-state index contributed by atoms with van der Waals surface area (Å²) in [6, 6.07) is 5.91. The van der Waals surface area contributed by atoms with E-state index in [0.717, 1.165) is 53.7 Å². The number of nitrogens with zero attached hydrogens (tertiary/aromatic N) is 1. The number of hydrogen-bond acceptors (Lipinski definition) is 8. The maximum absolute atomic E-state index is 12.9. The van der Waals surface area contributed by atoms with Crippen LogP contribution in [0.2, 0.25) is 0 Å². The normalized spacial score (nSPS) is 20.4. The van der Waals surface area contributed by atoms with Crippen molar-refractivity contribution in [2.45, 2.75) is 89.2 Å². The summed E-state index contributed by atoms with van der Waals surface area (Å²) in [6.07, 6.45) is 7.70. The number of aliphatic imine (C=N–C) groups is 1. The highest BCUT2D eigenvalue weighted by atomic mass is 16.5. The monoisotopic (exact) mass is 618 g/mol. The average Bonchev–Trinajstić information content (AvgIpc) is 3.53. The highest BCUT2D eigenvalue weighted by Gasteiger charge is 2.29. The van der Waals surface area contributed by atoms with Crippen LogP contribution >= 0.6 is 0 Å². The van der Waals surface area contributed by atoms with E-state index in [-0.39, 0.29) is 42.0 Å². The lowest BCUT2D eigenvalue weighted by Crippen LogP contribution is -2.31. The Hall–Kier alpha value is -3.94. The molecule has 0 spiro atoms. The number of ether oxygens (including phenoxy) is 3. The van der Waals surface area contributed by atoms with Crippen molar-refractivity contribution < 1.29 is 29.2 Å². The van der Waals surface area contributed by atoms with Crippen LogP contribution in [0.5, 0.6) is 23.0 Å². The van der Waals surface area contributed by atoms with Crippen LogP contribution in [-0.2, 0) is 30.5 Å². The number of carbonyl (C=O) groups excluding carboxylic acids is 1. The number of nitrogens with one attached hydrogen (secondary N) is 1. The molecule has 2 aromatic carbocycles. The molecule has 5 rings (SSSR count). The minimum absolute atomic E-state index is 0.00825. The number of ketones is 1. The van der Waals surface area contributed by atoms with Gasteiger partial charge in [0.2, 0.25) is 0 Å². The molecule has 2 atom stereocenters. The molecule has 2 unspecified atom stereocenters. The number of aliphatic hydroxyl groups excluding tert-OH is 1. The second kappa shape index (κ2) is 15.4. The smallest absolute Gasteiger partial charge is 0.185 e. The second-order valence-electron chi connectivity index (χ2n) is 12.3. The minimum atomic E-state index is -0.763. The number of nitrogens with two attached hydrogens (primary N) is 2. The van der Waals surface area contributed by atoms with Crippen LogP contribution in [0.4, 0.5) is 0 Å². The van der Waals surface area contributed by atoms with E-state index in [0.29, 0.717) is 62.9 Å². The van der Waals surface area contributed by atoms with Gasteiger partial charge in [-0.3, -0.25) is 15.1 Å². The molecule has 1 heterocycles. The molecule has 2 aromatic rings. The van der Waals surface area contributed by atoms with Gasteiger partial charge in [0.25, 0.3) is 0 Å². The van der Waals surface area contributed by atoms with Crippen molar-refractivity contribution >= 4 is 11.7 Å². The predicted octanol–water partition coefficient (Wildman–Crippen LogP) is 3.28. The lowest BCUT2D eigenvalue weighted by atomic mass is 9.86. The van der Waals surface area contributed by atoms with Gasteiger partial charge < -0.3 is 35.9 Å². The molecule has 7 N–H and O–H groups in total. The van der Waals surface area contributed by atoms with E-state index >= 15 is 0 Å². The predicted molar refractivity (Wildman–Crippen MR) is 173 cm³/mol. The summed E-state index contributed by atoms with van der Waals surface area (Å²) in [6.45, 7) is 1.39. The summed E-state index contributed by atoms with van der Waals surface area (Å²) >= 11 is 0. The van der Waals surface area contributed by atoms with Crippen LogP contribution in [0.25, 0.3) is 0 Å². The molecule has 1 saturated carbocycles. The molecule has 242 valence electrons. The minimum Gasteiger partial charge on any atom is -0.504 e. The Bertz CT molecular complexity index is 1450. The molecule has 1 fully saturated rings. The Morgan fingerprint density at radius 3 is 2.69 bits per heavy atom. The Kier molecular flexibility index (Phi) is 11.1. The number of aryl methyl sites for hydroxylation is 2. The van der Waals surface area contributed by atoms with Gasteiger partial charge in [-0.1, -0.05) is 36.8 Å². The number of aromatic hydroxyl groups is 1. The van der Waals surface area contributed by atoms with E-state index in [1.54, 1.807) is 12.1 Å².